The third kappa shape index (κ3) is 3.61. The smallest absolute Gasteiger partial charge is 0.251 e. The topological polar surface area (TPSA) is 76.4 Å². The Bertz CT molecular complexity index is 635. The van der Waals surface area contributed by atoms with Gasteiger partial charge in [0.25, 0.3) is 5.91 Å². The number of aromatic nitrogens is 2. The van der Waals surface area contributed by atoms with Crippen molar-refractivity contribution in [1.82, 2.24) is 15.1 Å². The molecule has 2 aromatic rings. The number of nitrogens with one attached hydrogen (secondary N) is 1. The minimum Gasteiger partial charge on any atom is -0.497 e. The molecule has 1 unspecified atom stereocenters. The molecule has 0 radical (unpaired) electrons. The molecule has 0 spiro atoms. The first-order valence-electron chi connectivity index (χ1n) is 6.56. The fraction of sp³-hybridized carbons (Fsp3) is 0.333. The molecule has 0 aliphatic carbocycles. The van der Waals surface area contributed by atoms with Crippen molar-refractivity contribution in [3.05, 3.63) is 47.8 Å². The normalized spacial score (nSPS) is 13.5. The van der Waals surface area contributed by atoms with Gasteiger partial charge in [0.2, 0.25) is 0 Å². The van der Waals surface area contributed by atoms with Gasteiger partial charge in [-0.05, 0) is 25.1 Å². The van der Waals surface area contributed by atoms with Crippen LogP contribution in [0.25, 0.3) is 0 Å². The van der Waals surface area contributed by atoms with Crippen LogP contribution in [0, 0.1) is 0 Å². The maximum absolute atomic E-state index is 12.1. The summed E-state index contributed by atoms with van der Waals surface area (Å²) in [5, 5.41) is 17.1. The molecule has 0 fully saturated rings. The summed E-state index contributed by atoms with van der Waals surface area (Å²) in [6, 6.07) is 6.85. The Morgan fingerprint density at radius 1 is 1.52 bits per heavy atom. The van der Waals surface area contributed by atoms with Gasteiger partial charge in [0.1, 0.15) is 11.4 Å². The van der Waals surface area contributed by atoms with E-state index in [-0.39, 0.29) is 12.5 Å². The lowest BCUT2D eigenvalue weighted by Crippen LogP contribution is -2.38. The van der Waals surface area contributed by atoms with Crippen molar-refractivity contribution < 1.29 is 14.6 Å². The molecule has 6 nitrogen and oxygen atoms in total. The number of rotatable bonds is 5. The predicted molar refractivity (Wildman–Crippen MR) is 78.1 cm³/mol. The Morgan fingerprint density at radius 2 is 2.29 bits per heavy atom. The van der Waals surface area contributed by atoms with E-state index in [1.165, 1.54) is 0 Å². The fourth-order valence-corrected chi connectivity index (χ4v) is 1.92. The van der Waals surface area contributed by atoms with Crippen molar-refractivity contribution in [3.8, 4) is 5.75 Å². The van der Waals surface area contributed by atoms with Gasteiger partial charge in [-0.2, -0.15) is 5.10 Å². The van der Waals surface area contributed by atoms with Gasteiger partial charge in [0.15, 0.2) is 0 Å². The third-order valence-corrected chi connectivity index (χ3v) is 3.25. The van der Waals surface area contributed by atoms with E-state index < -0.39 is 5.60 Å². The summed E-state index contributed by atoms with van der Waals surface area (Å²) in [6.07, 6.45) is 3.30. The number of methoxy groups -OCH3 is 1. The van der Waals surface area contributed by atoms with Crippen LogP contribution < -0.4 is 10.1 Å². The first kappa shape index (κ1) is 15.1. The SMILES string of the molecule is COc1cccc(C(=O)NCC(C)(O)c2cnn(C)c2)c1. The molecule has 2 N–H and O–H groups in total. The number of hydrogen-bond donors (Lipinski definition) is 2. The molecular formula is C15H19N3O3. The lowest BCUT2D eigenvalue weighted by Gasteiger charge is -2.22. The standard InChI is InChI=1S/C15H19N3O3/c1-15(20,12-8-17-18(2)9-12)10-16-14(19)11-5-4-6-13(7-11)21-3/h4-9,20H,10H2,1-3H3,(H,16,19). The Balaban J connectivity index is 2.03. The highest BCUT2D eigenvalue weighted by Crippen LogP contribution is 2.19. The predicted octanol–water partition coefficient (Wildman–Crippen LogP) is 1.07. The molecule has 21 heavy (non-hydrogen) atoms. The zero-order valence-electron chi connectivity index (χ0n) is 12.3. The number of aryl methyl sites for hydroxylation is 1. The van der Waals surface area contributed by atoms with Crippen molar-refractivity contribution >= 4 is 5.91 Å². The van der Waals surface area contributed by atoms with E-state index in [9.17, 15) is 9.90 Å². The fourth-order valence-electron chi connectivity index (χ4n) is 1.92. The van der Waals surface area contributed by atoms with E-state index in [2.05, 4.69) is 10.4 Å². The second kappa shape index (κ2) is 5.97. The Labute approximate surface area is 123 Å². The van der Waals surface area contributed by atoms with Gasteiger partial charge in [-0.15, -0.1) is 0 Å². The van der Waals surface area contributed by atoms with E-state index in [4.69, 9.17) is 4.74 Å². The minimum absolute atomic E-state index is 0.0920. The zero-order chi connectivity index (χ0) is 15.5. The second-order valence-corrected chi connectivity index (χ2v) is 5.09. The highest BCUT2D eigenvalue weighted by Gasteiger charge is 2.25. The quantitative estimate of drug-likeness (QED) is 0.863. The van der Waals surface area contributed by atoms with Crippen LogP contribution in [0.4, 0.5) is 0 Å². The molecular weight excluding hydrogens is 270 g/mol. The summed E-state index contributed by atoms with van der Waals surface area (Å²) in [5.41, 5.74) is -0.0461. The molecule has 112 valence electrons. The van der Waals surface area contributed by atoms with E-state index in [0.717, 1.165) is 0 Å². The van der Waals surface area contributed by atoms with Crippen LogP contribution in [0.2, 0.25) is 0 Å². The zero-order valence-corrected chi connectivity index (χ0v) is 12.3. The molecule has 0 saturated heterocycles. The largest absolute Gasteiger partial charge is 0.497 e. The Hall–Kier alpha value is -2.34. The van der Waals surface area contributed by atoms with Crippen molar-refractivity contribution in [1.29, 1.82) is 0 Å². The van der Waals surface area contributed by atoms with Crippen LogP contribution in [-0.4, -0.2) is 34.4 Å². The van der Waals surface area contributed by atoms with Gasteiger partial charge in [-0.1, -0.05) is 6.07 Å². The average Bonchev–Trinajstić information content (AvgIpc) is 2.92. The maximum atomic E-state index is 12.1. The number of amides is 1. The number of carbonyl (C=O) groups excluding carboxylic acids is 1. The van der Waals surface area contributed by atoms with Crippen molar-refractivity contribution in [2.45, 2.75) is 12.5 Å². The van der Waals surface area contributed by atoms with Gasteiger partial charge in [0.05, 0.1) is 19.9 Å². The number of nitrogens with zero attached hydrogens (tertiary/aromatic N) is 2. The number of ether oxygens (including phenoxy) is 1. The highest BCUT2D eigenvalue weighted by atomic mass is 16.5. The number of carbonyl (C=O) groups is 1. The van der Waals surface area contributed by atoms with Crippen molar-refractivity contribution in [2.75, 3.05) is 13.7 Å². The molecule has 0 aliphatic heterocycles. The van der Waals surface area contributed by atoms with E-state index >= 15 is 0 Å². The van der Waals surface area contributed by atoms with Crippen LogP contribution in [-0.2, 0) is 12.6 Å². The lowest BCUT2D eigenvalue weighted by atomic mass is 9.99. The monoisotopic (exact) mass is 289 g/mol. The van der Waals surface area contributed by atoms with Crippen LogP contribution >= 0.6 is 0 Å². The average molecular weight is 289 g/mol. The van der Waals surface area contributed by atoms with Crippen molar-refractivity contribution in [3.63, 3.8) is 0 Å². The van der Waals surface area contributed by atoms with Gasteiger partial charge in [-0.3, -0.25) is 9.48 Å². The summed E-state index contributed by atoms with van der Waals surface area (Å²) in [5.74, 6) is 0.347. The molecule has 1 aromatic carbocycles. The molecule has 6 heteroatoms. The Morgan fingerprint density at radius 3 is 2.90 bits per heavy atom. The molecule has 1 atom stereocenters. The minimum atomic E-state index is -1.18. The molecule has 0 bridgehead atoms. The summed E-state index contributed by atoms with van der Waals surface area (Å²) in [7, 11) is 3.32. The molecule has 1 amide bonds. The van der Waals surface area contributed by atoms with Crippen LogP contribution in [0.3, 0.4) is 0 Å². The van der Waals surface area contributed by atoms with Crippen molar-refractivity contribution in [2.24, 2.45) is 7.05 Å². The van der Waals surface area contributed by atoms with E-state index in [1.807, 2.05) is 0 Å². The summed E-state index contributed by atoms with van der Waals surface area (Å²) in [6.45, 7) is 1.73. The number of aliphatic hydroxyl groups is 1. The van der Waals surface area contributed by atoms with Gasteiger partial charge in [-0.25, -0.2) is 0 Å². The maximum Gasteiger partial charge on any atom is 0.251 e. The van der Waals surface area contributed by atoms with Gasteiger partial charge < -0.3 is 15.2 Å². The van der Waals surface area contributed by atoms with E-state index in [1.54, 1.807) is 62.4 Å². The molecule has 1 heterocycles. The van der Waals surface area contributed by atoms with Crippen LogP contribution in [0.1, 0.15) is 22.8 Å². The molecule has 0 saturated carbocycles. The summed E-state index contributed by atoms with van der Waals surface area (Å²) >= 11 is 0. The number of benzene rings is 1. The van der Waals surface area contributed by atoms with E-state index in [0.29, 0.717) is 16.9 Å². The van der Waals surface area contributed by atoms with Gasteiger partial charge >= 0.3 is 0 Å². The first-order valence-corrected chi connectivity index (χ1v) is 6.56. The molecule has 1 aromatic heterocycles. The molecule has 2 rings (SSSR count). The summed E-state index contributed by atoms with van der Waals surface area (Å²) in [4.78, 5) is 12.1. The molecule has 0 aliphatic rings. The summed E-state index contributed by atoms with van der Waals surface area (Å²) < 4.78 is 6.69. The van der Waals surface area contributed by atoms with Crippen LogP contribution in [0.5, 0.6) is 5.75 Å². The van der Waals surface area contributed by atoms with Crippen LogP contribution in [0.15, 0.2) is 36.7 Å². The highest BCUT2D eigenvalue weighted by molar-refractivity contribution is 5.94. The van der Waals surface area contributed by atoms with Gasteiger partial charge in [0, 0.05) is 24.4 Å². The third-order valence-electron chi connectivity index (χ3n) is 3.25. The lowest BCUT2D eigenvalue weighted by molar-refractivity contribution is 0.0526. The second-order valence-electron chi connectivity index (χ2n) is 5.09. The number of hydrogen-bond acceptors (Lipinski definition) is 4. The first-order chi connectivity index (χ1) is 9.92. The Kier molecular flexibility index (Phi) is 4.28.